The van der Waals surface area contributed by atoms with E-state index in [1.807, 2.05) is 6.07 Å². The molecule has 0 spiro atoms. The van der Waals surface area contributed by atoms with Crippen LogP contribution in [0.3, 0.4) is 0 Å². The number of hydrogen-bond acceptors (Lipinski definition) is 2. The smallest absolute Gasteiger partial charge is 0.166 e. The number of nitrogens with zero attached hydrogens (tertiary/aromatic N) is 1. The molecular weight excluding hydrogens is 188 g/mol. The van der Waals surface area contributed by atoms with Crippen LogP contribution in [0, 0.1) is 0 Å². The molecule has 0 saturated carbocycles. The third-order valence-corrected chi connectivity index (χ3v) is 3.03. The maximum atomic E-state index is 10.6. The van der Waals surface area contributed by atoms with Crippen LogP contribution in [0.4, 0.5) is 0 Å². The normalized spacial score (nSPS) is 15.2. The van der Waals surface area contributed by atoms with E-state index in [1.54, 1.807) is 0 Å². The summed E-state index contributed by atoms with van der Waals surface area (Å²) in [5.74, 6) is 0. The molecule has 0 unspecified atom stereocenters. The van der Waals surface area contributed by atoms with E-state index in [-0.39, 0.29) is 0 Å². The fourth-order valence-corrected chi connectivity index (χ4v) is 2.26. The summed E-state index contributed by atoms with van der Waals surface area (Å²) in [6.07, 6.45) is 5.51. The number of nitrogens with one attached hydrogen (secondary N) is 1. The van der Waals surface area contributed by atoms with Crippen LogP contribution in [0.2, 0.25) is 0 Å². The molecule has 0 saturated heterocycles. The van der Waals surface area contributed by atoms with E-state index in [0.29, 0.717) is 5.69 Å². The zero-order valence-electron chi connectivity index (χ0n) is 8.42. The van der Waals surface area contributed by atoms with E-state index in [9.17, 15) is 4.79 Å². The summed E-state index contributed by atoms with van der Waals surface area (Å²) in [7, 11) is 0. The minimum Gasteiger partial charge on any atom is -0.351 e. The molecule has 76 valence electrons. The van der Waals surface area contributed by atoms with Crippen LogP contribution >= 0.6 is 0 Å². The Balaban J connectivity index is 2.23. The van der Waals surface area contributed by atoms with Gasteiger partial charge in [-0.3, -0.25) is 9.78 Å². The maximum absolute atomic E-state index is 10.6. The van der Waals surface area contributed by atoms with E-state index >= 15 is 0 Å². The van der Waals surface area contributed by atoms with Gasteiger partial charge in [0.05, 0.1) is 16.7 Å². The Morgan fingerprint density at radius 1 is 1.27 bits per heavy atom. The summed E-state index contributed by atoms with van der Waals surface area (Å²) in [6, 6.07) is 3.96. The number of aldehydes is 1. The first kappa shape index (κ1) is 8.65. The van der Waals surface area contributed by atoms with Crippen molar-refractivity contribution in [3.63, 3.8) is 0 Å². The van der Waals surface area contributed by atoms with Crippen LogP contribution in [-0.4, -0.2) is 16.3 Å². The molecule has 0 fully saturated rings. The molecule has 1 N–H and O–H groups in total. The predicted molar refractivity (Wildman–Crippen MR) is 58.1 cm³/mol. The van der Waals surface area contributed by atoms with Crippen LogP contribution in [0.15, 0.2) is 12.1 Å². The van der Waals surface area contributed by atoms with Crippen molar-refractivity contribution in [3.05, 3.63) is 29.1 Å². The molecule has 2 aromatic rings. The molecule has 1 aliphatic rings. The number of fused-ring (bicyclic) bond motifs is 2. The average molecular weight is 200 g/mol. The van der Waals surface area contributed by atoms with Crippen molar-refractivity contribution in [2.45, 2.75) is 25.7 Å². The number of carbonyl (C=O) groups is 1. The summed E-state index contributed by atoms with van der Waals surface area (Å²) in [5.41, 5.74) is 5.06. The van der Waals surface area contributed by atoms with Crippen molar-refractivity contribution in [1.29, 1.82) is 0 Å². The molecule has 0 bridgehead atoms. The lowest BCUT2D eigenvalue weighted by molar-refractivity contribution is 0.112. The number of H-pyrrole nitrogens is 1. The first-order chi connectivity index (χ1) is 7.36. The highest BCUT2D eigenvalue weighted by molar-refractivity contribution is 5.85. The molecule has 3 nitrogen and oxygen atoms in total. The molecule has 2 aromatic heterocycles. The third kappa shape index (κ3) is 1.35. The number of aryl methyl sites for hydroxylation is 2. The van der Waals surface area contributed by atoms with Crippen LogP contribution in [0.1, 0.15) is 34.6 Å². The number of rotatable bonds is 1. The molecule has 0 atom stereocenters. The second-order valence-corrected chi connectivity index (χ2v) is 4.08. The molecule has 0 radical (unpaired) electrons. The van der Waals surface area contributed by atoms with Crippen molar-refractivity contribution >= 4 is 17.3 Å². The summed E-state index contributed by atoms with van der Waals surface area (Å²) < 4.78 is 0. The summed E-state index contributed by atoms with van der Waals surface area (Å²) in [6.45, 7) is 0. The Bertz CT molecular complexity index is 485. The van der Waals surface area contributed by atoms with Crippen molar-refractivity contribution in [1.82, 2.24) is 9.97 Å². The van der Waals surface area contributed by atoms with E-state index in [1.165, 1.54) is 24.1 Å². The Labute approximate surface area is 87.5 Å². The van der Waals surface area contributed by atoms with Crippen molar-refractivity contribution in [2.75, 3.05) is 0 Å². The molecular formula is C12H12N2O. The van der Waals surface area contributed by atoms with Gasteiger partial charge in [0.1, 0.15) is 0 Å². The highest BCUT2D eigenvalue weighted by Gasteiger charge is 2.12. The van der Waals surface area contributed by atoms with E-state index < -0.39 is 0 Å². The number of aromatic nitrogens is 2. The van der Waals surface area contributed by atoms with E-state index in [2.05, 4.69) is 16.0 Å². The summed E-state index contributed by atoms with van der Waals surface area (Å²) in [5, 5.41) is 0. The Morgan fingerprint density at radius 3 is 3.00 bits per heavy atom. The first-order valence-electron chi connectivity index (χ1n) is 5.33. The largest absolute Gasteiger partial charge is 0.351 e. The number of carbonyl (C=O) groups excluding carboxylic acids is 1. The molecule has 0 amide bonds. The summed E-state index contributed by atoms with van der Waals surface area (Å²) in [4.78, 5) is 18.3. The second-order valence-electron chi connectivity index (χ2n) is 4.08. The lowest BCUT2D eigenvalue weighted by Crippen LogP contribution is -2.04. The number of hydrogen-bond donors (Lipinski definition) is 1. The molecule has 1 aliphatic carbocycles. The van der Waals surface area contributed by atoms with Gasteiger partial charge in [0.2, 0.25) is 0 Å². The lowest BCUT2D eigenvalue weighted by Gasteiger charge is -2.13. The van der Waals surface area contributed by atoms with Gasteiger partial charge >= 0.3 is 0 Å². The van der Waals surface area contributed by atoms with Gasteiger partial charge in [-0.2, -0.15) is 0 Å². The van der Waals surface area contributed by atoms with Gasteiger partial charge in [-0.1, -0.05) is 0 Å². The summed E-state index contributed by atoms with van der Waals surface area (Å²) >= 11 is 0. The van der Waals surface area contributed by atoms with Gasteiger partial charge < -0.3 is 4.98 Å². The van der Waals surface area contributed by atoms with Crippen molar-refractivity contribution in [2.24, 2.45) is 0 Å². The van der Waals surface area contributed by atoms with Crippen LogP contribution in [-0.2, 0) is 12.8 Å². The van der Waals surface area contributed by atoms with Gasteiger partial charge in [-0.05, 0) is 43.4 Å². The highest BCUT2D eigenvalue weighted by Crippen LogP contribution is 2.23. The van der Waals surface area contributed by atoms with E-state index in [0.717, 1.165) is 30.2 Å². The monoisotopic (exact) mass is 200 g/mol. The van der Waals surface area contributed by atoms with Gasteiger partial charge in [-0.15, -0.1) is 0 Å². The first-order valence-corrected chi connectivity index (χ1v) is 5.33. The van der Waals surface area contributed by atoms with Gasteiger partial charge in [0.15, 0.2) is 6.29 Å². The number of pyridine rings is 1. The average Bonchev–Trinajstić information content (AvgIpc) is 2.67. The van der Waals surface area contributed by atoms with Crippen LogP contribution in [0.5, 0.6) is 0 Å². The number of aromatic amines is 1. The molecule has 15 heavy (non-hydrogen) atoms. The van der Waals surface area contributed by atoms with Gasteiger partial charge in [0.25, 0.3) is 0 Å². The quantitative estimate of drug-likeness (QED) is 0.717. The third-order valence-electron chi connectivity index (χ3n) is 3.03. The fraction of sp³-hybridized carbons (Fsp3) is 0.333. The highest BCUT2D eigenvalue weighted by atomic mass is 16.1. The van der Waals surface area contributed by atoms with E-state index in [4.69, 9.17) is 0 Å². The van der Waals surface area contributed by atoms with Crippen molar-refractivity contribution < 1.29 is 4.79 Å². The van der Waals surface area contributed by atoms with Crippen LogP contribution < -0.4 is 0 Å². The molecule has 0 aromatic carbocycles. The predicted octanol–water partition coefficient (Wildman–Crippen LogP) is 2.25. The zero-order chi connectivity index (χ0) is 10.3. The van der Waals surface area contributed by atoms with Gasteiger partial charge in [-0.25, -0.2) is 0 Å². The van der Waals surface area contributed by atoms with Crippen LogP contribution in [0.25, 0.3) is 11.0 Å². The lowest BCUT2D eigenvalue weighted by atomic mass is 9.96. The molecule has 3 heteroatoms. The van der Waals surface area contributed by atoms with Crippen molar-refractivity contribution in [3.8, 4) is 0 Å². The van der Waals surface area contributed by atoms with Gasteiger partial charge in [0, 0.05) is 5.69 Å². The SMILES string of the molecule is O=Cc1cc2nc3c(cc2[nH]1)CCCC3. The molecule has 3 rings (SSSR count). The maximum Gasteiger partial charge on any atom is 0.166 e. The second kappa shape index (κ2) is 3.19. The standard InChI is InChI=1S/C12H12N2O/c15-7-9-6-12-11(13-9)5-8-3-1-2-4-10(8)14-12/h5-7,13H,1-4H2. The Hall–Kier alpha value is -1.64. The zero-order valence-corrected chi connectivity index (χ0v) is 8.42. The topological polar surface area (TPSA) is 45.8 Å². The Kier molecular flexibility index (Phi) is 1.84. The fourth-order valence-electron chi connectivity index (χ4n) is 2.26. The molecule has 2 heterocycles. The minimum atomic E-state index is 0.611. The minimum absolute atomic E-state index is 0.611. The molecule has 0 aliphatic heterocycles. The Morgan fingerprint density at radius 2 is 2.13 bits per heavy atom.